The molecule has 0 aromatic heterocycles. The molecule has 0 amide bonds. The third-order valence-corrected chi connectivity index (χ3v) is 2.85. The monoisotopic (exact) mass is 309 g/mol. The minimum atomic E-state index is -3.36. The fourth-order valence-electron chi connectivity index (χ4n) is 1.43. The minimum Gasteiger partial charge on any atom is -0.401 e. The lowest BCUT2D eigenvalue weighted by atomic mass is 9.95. The van der Waals surface area contributed by atoms with Crippen LogP contribution in [0.1, 0.15) is 20.7 Å². The van der Waals surface area contributed by atoms with Crippen LogP contribution in [0.5, 0.6) is 0 Å². The smallest absolute Gasteiger partial charge is 0.264 e. The van der Waals surface area contributed by atoms with Gasteiger partial charge in [-0.1, -0.05) is 30.8 Å². The maximum Gasteiger partial charge on any atom is 0.264 e. The molecule has 0 bridgehead atoms. The van der Waals surface area contributed by atoms with Gasteiger partial charge in [0, 0.05) is 16.8 Å². The van der Waals surface area contributed by atoms with Gasteiger partial charge in [-0.15, -0.1) is 0 Å². The maximum atomic E-state index is 11.2. The van der Waals surface area contributed by atoms with E-state index in [0.29, 0.717) is 11.1 Å². The summed E-state index contributed by atoms with van der Waals surface area (Å²) in [5.74, 6) is -0.185. The molecule has 0 unspecified atom stereocenters. The van der Waals surface area contributed by atoms with Crippen molar-refractivity contribution in [3.8, 4) is 0 Å². The molecule has 0 atom stereocenters. The van der Waals surface area contributed by atoms with Gasteiger partial charge < -0.3 is 5.73 Å². The molecule has 0 saturated heterocycles. The van der Waals surface area contributed by atoms with Gasteiger partial charge in [0.25, 0.3) is 10.1 Å². The zero-order chi connectivity index (χ0) is 16.0. The van der Waals surface area contributed by atoms with Gasteiger partial charge in [0.1, 0.15) is 6.61 Å². The zero-order valence-electron chi connectivity index (χ0n) is 11.4. The Morgan fingerprint density at radius 2 is 1.57 bits per heavy atom. The van der Waals surface area contributed by atoms with Crippen molar-refractivity contribution in [1.29, 1.82) is 0 Å². The fraction of sp³-hybridized carbons (Fsp3) is 0.143. The molecule has 21 heavy (non-hydrogen) atoms. The number of carbonyl (C=O) groups excluding carboxylic acids is 2. The molecule has 0 saturated carbocycles. The molecule has 2 rings (SSSR count). The number of rotatable bonds is 3. The summed E-state index contributed by atoms with van der Waals surface area (Å²) >= 11 is 0. The van der Waals surface area contributed by atoms with E-state index in [0.717, 1.165) is 6.26 Å². The summed E-state index contributed by atoms with van der Waals surface area (Å²) in [6.45, 7) is 3.11. The third-order valence-electron chi connectivity index (χ3n) is 2.30. The normalized spacial score (nSPS) is 13.2. The van der Waals surface area contributed by atoms with E-state index in [-0.39, 0.29) is 23.9 Å². The van der Waals surface area contributed by atoms with Crippen molar-refractivity contribution in [1.82, 2.24) is 0 Å². The number of ketones is 2. The highest BCUT2D eigenvalue weighted by molar-refractivity contribution is 7.85. The first-order chi connectivity index (χ1) is 9.70. The lowest BCUT2D eigenvalue weighted by Gasteiger charge is -2.06. The molecule has 0 heterocycles. The Hall–Kier alpha value is -2.25. The van der Waals surface area contributed by atoms with Gasteiger partial charge in [0.2, 0.25) is 0 Å². The molecular formula is C14H15NO5S. The molecule has 0 fully saturated rings. The predicted octanol–water partition coefficient (Wildman–Crippen LogP) is 1.06. The van der Waals surface area contributed by atoms with E-state index in [1.807, 2.05) is 0 Å². The zero-order valence-corrected chi connectivity index (χ0v) is 12.2. The number of hydrogen-bond donors (Lipinski definition) is 1. The van der Waals surface area contributed by atoms with Crippen molar-refractivity contribution in [2.24, 2.45) is 5.73 Å². The summed E-state index contributed by atoms with van der Waals surface area (Å²) in [4.78, 5) is 22.4. The Balaban J connectivity index is 0.000000222. The van der Waals surface area contributed by atoms with Crippen LogP contribution in [0.3, 0.4) is 0 Å². The van der Waals surface area contributed by atoms with Crippen LogP contribution in [0, 0.1) is 0 Å². The summed E-state index contributed by atoms with van der Waals surface area (Å²) in [5.41, 5.74) is 6.22. The highest BCUT2D eigenvalue weighted by atomic mass is 32.2. The van der Waals surface area contributed by atoms with Crippen LogP contribution in [0.25, 0.3) is 0 Å². The molecule has 0 radical (unpaired) electrons. The van der Waals surface area contributed by atoms with Gasteiger partial charge in [0.05, 0.1) is 6.26 Å². The average Bonchev–Trinajstić information content (AvgIpc) is 2.41. The van der Waals surface area contributed by atoms with Gasteiger partial charge in [0.15, 0.2) is 11.6 Å². The number of benzene rings is 1. The van der Waals surface area contributed by atoms with E-state index in [9.17, 15) is 18.0 Å². The van der Waals surface area contributed by atoms with Crippen LogP contribution in [-0.2, 0) is 14.3 Å². The highest BCUT2D eigenvalue weighted by Crippen LogP contribution is 2.15. The lowest BCUT2D eigenvalue weighted by molar-refractivity contribution is 0.0994. The molecule has 0 spiro atoms. The van der Waals surface area contributed by atoms with Crippen LogP contribution in [0.2, 0.25) is 0 Å². The molecule has 6 nitrogen and oxygen atoms in total. The van der Waals surface area contributed by atoms with Gasteiger partial charge in [-0.25, -0.2) is 0 Å². The van der Waals surface area contributed by atoms with E-state index in [1.165, 1.54) is 12.2 Å². The van der Waals surface area contributed by atoms with E-state index in [4.69, 9.17) is 5.73 Å². The maximum absolute atomic E-state index is 11.2. The van der Waals surface area contributed by atoms with Gasteiger partial charge >= 0.3 is 0 Å². The second-order valence-electron chi connectivity index (χ2n) is 4.23. The van der Waals surface area contributed by atoms with Crippen LogP contribution >= 0.6 is 0 Å². The Morgan fingerprint density at radius 1 is 1.14 bits per heavy atom. The molecule has 7 heteroatoms. The molecule has 0 aliphatic heterocycles. The standard InChI is InChI=1S/C10H6O2.C4H9NO3S/c11-9-5-6-10(12)8-4-2-1-3-7(8)9;1-4(5)3-8-9(2,6)7/h1-6H;1,3,5H2,2H3. The Morgan fingerprint density at radius 3 is 1.86 bits per heavy atom. The minimum absolute atomic E-state index is 0.0924. The van der Waals surface area contributed by atoms with E-state index >= 15 is 0 Å². The molecule has 1 aromatic carbocycles. The number of nitrogens with two attached hydrogens (primary N) is 1. The molecule has 1 aliphatic carbocycles. The fourth-order valence-corrected chi connectivity index (χ4v) is 1.79. The molecule has 112 valence electrons. The van der Waals surface area contributed by atoms with Crippen molar-refractivity contribution < 1.29 is 22.2 Å². The first-order valence-electron chi connectivity index (χ1n) is 5.84. The summed E-state index contributed by atoms with van der Waals surface area (Å²) < 4.78 is 24.7. The Kier molecular flexibility index (Phi) is 5.57. The number of fused-ring (bicyclic) bond motifs is 1. The molecule has 2 N–H and O–H groups in total. The number of carbonyl (C=O) groups is 2. The lowest BCUT2D eigenvalue weighted by Crippen LogP contribution is -2.10. The van der Waals surface area contributed by atoms with E-state index < -0.39 is 10.1 Å². The Bertz CT molecular complexity index is 667. The summed E-state index contributed by atoms with van der Waals surface area (Å²) in [6.07, 6.45) is 3.57. The van der Waals surface area contributed by atoms with Gasteiger partial charge in [-0.2, -0.15) is 8.42 Å². The van der Waals surface area contributed by atoms with Gasteiger partial charge in [-0.05, 0) is 12.2 Å². The average molecular weight is 309 g/mol. The van der Waals surface area contributed by atoms with Crippen LogP contribution in [-0.4, -0.2) is 32.8 Å². The number of hydrogen-bond acceptors (Lipinski definition) is 6. The quantitative estimate of drug-likeness (QED) is 0.837. The largest absolute Gasteiger partial charge is 0.401 e. The second kappa shape index (κ2) is 6.96. The predicted molar refractivity (Wildman–Crippen MR) is 78.4 cm³/mol. The summed E-state index contributed by atoms with van der Waals surface area (Å²) in [6, 6.07) is 6.84. The van der Waals surface area contributed by atoms with E-state index in [1.54, 1.807) is 24.3 Å². The SMILES string of the molecule is C=C(N)COS(C)(=O)=O.O=C1C=CC(=O)c2ccccc21. The molecule has 1 aliphatic rings. The van der Waals surface area contributed by atoms with Crippen LogP contribution in [0.15, 0.2) is 48.7 Å². The van der Waals surface area contributed by atoms with Crippen LogP contribution < -0.4 is 5.73 Å². The first kappa shape index (κ1) is 16.8. The third kappa shape index (κ3) is 5.72. The molecule has 1 aromatic rings. The van der Waals surface area contributed by atoms with Crippen LogP contribution in [0.4, 0.5) is 0 Å². The van der Waals surface area contributed by atoms with Crippen molar-refractivity contribution >= 4 is 21.7 Å². The van der Waals surface area contributed by atoms with Crippen molar-refractivity contribution in [3.05, 3.63) is 59.8 Å². The molecular weight excluding hydrogens is 294 g/mol. The van der Waals surface area contributed by atoms with Crippen molar-refractivity contribution in [2.45, 2.75) is 0 Å². The Labute approximate surface area is 123 Å². The summed E-state index contributed by atoms with van der Waals surface area (Å²) in [7, 11) is -3.36. The highest BCUT2D eigenvalue weighted by Gasteiger charge is 2.16. The number of allylic oxidation sites excluding steroid dienone is 2. The van der Waals surface area contributed by atoms with Gasteiger partial charge in [-0.3, -0.25) is 13.8 Å². The second-order valence-corrected chi connectivity index (χ2v) is 5.88. The van der Waals surface area contributed by atoms with Crippen molar-refractivity contribution in [3.63, 3.8) is 0 Å². The topological polar surface area (TPSA) is 104 Å². The summed E-state index contributed by atoms with van der Waals surface area (Å²) in [5, 5.41) is 0. The van der Waals surface area contributed by atoms with E-state index in [2.05, 4.69) is 10.8 Å². The van der Waals surface area contributed by atoms with Crippen molar-refractivity contribution in [2.75, 3.05) is 12.9 Å². The first-order valence-corrected chi connectivity index (χ1v) is 7.66.